The first-order valence-corrected chi connectivity index (χ1v) is 5.81. The summed E-state index contributed by atoms with van der Waals surface area (Å²) < 4.78 is 10.3. The second-order valence-corrected chi connectivity index (χ2v) is 3.91. The molecule has 1 aromatic carbocycles. The van der Waals surface area contributed by atoms with Crippen LogP contribution in [0.3, 0.4) is 0 Å². The van der Waals surface area contributed by atoms with Crippen molar-refractivity contribution in [1.29, 1.82) is 0 Å². The van der Waals surface area contributed by atoms with Crippen molar-refractivity contribution in [3.63, 3.8) is 0 Å². The van der Waals surface area contributed by atoms with E-state index in [9.17, 15) is 10.1 Å². The van der Waals surface area contributed by atoms with Gasteiger partial charge in [-0.3, -0.25) is 10.1 Å². The monoisotopic (exact) mass is 291 g/mol. The molecule has 0 bridgehead atoms. The third kappa shape index (κ3) is 3.08. The number of nitrogen functional groups attached to an aromatic ring is 1. The largest absolute Gasteiger partial charge is 0.497 e. The molecule has 1 aromatic heterocycles. The van der Waals surface area contributed by atoms with Gasteiger partial charge in [-0.2, -0.15) is 4.98 Å². The van der Waals surface area contributed by atoms with E-state index in [2.05, 4.69) is 15.3 Å². The highest BCUT2D eigenvalue weighted by molar-refractivity contribution is 5.71. The molecular formula is C12H13N5O4. The average Bonchev–Trinajstić information content (AvgIpc) is 2.47. The van der Waals surface area contributed by atoms with Gasteiger partial charge in [-0.1, -0.05) is 0 Å². The molecule has 0 unspecified atom stereocenters. The number of nitro groups is 1. The van der Waals surface area contributed by atoms with Gasteiger partial charge < -0.3 is 20.5 Å². The normalized spacial score (nSPS) is 10.0. The highest BCUT2D eigenvalue weighted by Gasteiger charge is 2.18. The maximum Gasteiger partial charge on any atom is 0.329 e. The minimum Gasteiger partial charge on any atom is -0.497 e. The van der Waals surface area contributed by atoms with Crippen LogP contribution in [0.4, 0.5) is 23.1 Å². The molecule has 0 radical (unpaired) electrons. The number of hydrogen-bond acceptors (Lipinski definition) is 8. The molecule has 0 aliphatic heterocycles. The number of anilines is 3. The first kappa shape index (κ1) is 14.3. The van der Waals surface area contributed by atoms with Crippen LogP contribution < -0.4 is 20.5 Å². The van der Waals surface area contributed by atoms with Crippen LogP contribution in [0.5, 0.6) is 11.5 Å². The van der Waals surface area contributed by atoms with Gasteiger partial charge in [-0.15, -0.1) is 0 Å². The lowest BCUT2D eigenvalue weighted by molar-refractivity contribution is -0.384. The first-order chi connectivity index (χ1) is 10.0. The quantitative estimate of drug-likeness (QED) is 0.630. The molecule has 0 amide bonds. The Morgan fingerprint density at radius 3 is 2.71 bits per heavy atom. The number of nitrogens with zero attached hydrogens (tertiary/aromatic N) is 3. The Bertz CT molecular complexity index is 677. The zero-order valence-electron chi connectivity index (χ0n) is 11.4. The summed E-state index contributed by atoms with van der Waals surface area (Å²) in [5.74, 6) is 0.925. The number of aromatic nitrogens is 2. The van der Waals surface area contributed by atoms with Gasteiger partial charge in [-0.25, -0.2) is 4.98 Å². The Labute approximate surface area is 119 Å². The lowest BCUT2D eigenvalue weighted by atomic mass is 10.2. The minimum absolute atomic E-state index is 0.0287. The summed E-state index contributed by atoms with van der Waals surface area (Å²) in [5, 5.41) is 13.8. The number of rotatable bonds is 5. The second kappa shape index (κ2) is 5.90. The summed E-state index contributed by atoms with van der Waals surface area (Å²) in [6.45, 7) is 0. The third-order valence-electron chi connectivity index (χ3n) is 2.64. The topological polar surface area (TPSA) is 125 Å². The van der Waals surface area contributed by atoms with Crippen molar-refractivity contribution in [2.75, 3.05) is 25.3 Å². The lowest BCUT2D eigenvalue weighted by Gasteiger charge is -2.12. The number of nitrogens with one attached hydrogen (secondary N) is 1. The van der Waals surface area contributed by atoms with E-state index in [1.807, 2.05) is 0 Å². The van der Waals surface area contributed by atoms with E-state index in [1.54, 1.807) is 18.2 Å². The molecule has 0 atom stereocenters. The fraction of sp³-hybridized carbons (Fsp3) is 0.167. The van der Waals surface area contributed by atoms with Crippen molar-refractivity contribution >= 4 is 23.1 Å². The number of hydrogen-bond donors (Lipinski definition) is 2. The molecule has 0 fully saturated rings. The fourth-order valence-corrected chi connectivity index (χ4v) is 1.65. The molecule has 110 valence electrons. The van der Waals surface area contributed by atoms with Crippen molar-refractivity contribution in [2.45, 2.75) is 0 Å². The van der Waals surface area contributed by atoms with Crippen LogP contribution in [-0.2, 0) is 0 Å². The molecule has 21 heavy (non-hydrogen) atoms. The van der Waals surface area contributed by atoms with Gasteiger partial charge in [0.1, 0.15) is 17.7 Å². The average molecular weight is 291 g/mol. The summed E-state index contributed by atoms with van der Waals surface area (Å²) in [4.78, 5) is 17.8. The molecule has 0 spiro atoms. The third-order valence-corrected chi connectivity index (χ3v) is 2.64. The fourth-order valence-electron chi connectivity index (χ4n) is 1.65. The Morgan fingerprint density at radius 2 is 2.10 bits per heavy atom. The Hall–Kier alpha value is -3.10. The summed E-state index contributed by atoms with van der Waals surface area (Å²) in [6.07, 6.45) is 1.04. The molecule has 0 aliphatic rings. The molecule has 0 saturated carbocycles. The molecule has 2 rings (SSSR count). The zero-order valence-corrected chi connectivity index (χ0v) is 11.4. The van der Waals surface area contributed by atoms with Crippen LogP contribution in [0, 0.1) is 10.1 Å². The first-order valence-electron chi connectivity index (χ1n) is 5.81. The summed E-state index contributed by atoms with van der Waals surface area (Å²) >= 11 is 0. The van der Waals surface area contributed by atoms with Crippen molar-refractivity contribution in [1.82, 2.24) is 9.97 Å². The predicted molar refractivity (Wildman–Crippen MR) is 75.9 cm³/mol. The number of ether oxygens (including phenoxy) is 2. The number of methoxy groups -OCH3 is 2. The van der Waals surface area contributed by atoms with E-state index >= 15 is 0 Å². The molecular weight excluding hydrogens is 278 g/mol. The maximum atomic E-state index is 11.0. The Morgan fingerprint density at radius 1 is 1.33 bits per heavy atom. The van der Waals surface area contributed by atoms with Gasteiger partial charge in [0.25, 0.3) is 0 Å². The summed E-state index contributed by atoms with van der Waals surface area (Å²) in [5.41, 5.74) is 5.63. The zero-order chi connectivity index (χ0) is 15.4. The number of nitrogens with two attached hydrogens (primary N) is 1. The Kier molecular flexibility index (Phi) is 4.02. The maximum absolute atomic E-state index is 11.0. The van der Waals surface area contributed by atoms with E-state index in [4.69, 9.17) is 15.2 Å². The Balaban J connectivity index is 2.46. The molecule has 9 heteroatoms. The molecule has 0 aliphatic carbocycles. The predicted octanol–water partition coefficient (Wildman–Crippen LogP) is 1.73. The van der Waals surface area contributed by atoms with E-state index in [0.717, 1.165) is 6.20 Å². The highest BCUT2D eigenvalue weighted by atomic mass is 16.6. The minimum atomic E-state index is -0.603. The van der Waals surface area contributed by atoms with E-state index in [1.165, 1.54) is 14.2 Å². The van der Waals surface area contributed by atoms with E-state index < -0.39 is 4.92 Å². The van der Waals surface area contributed by atoms with Crippen molar-refractivity contribution in [3.05, 3.63) is 34.5 Å². The van der Waals surface area contributed by atoms with Gasteiger partial charge in [0.15, 0.2) is 0 Å². The van der Waals surface area contributed by atoms with E-state index in [0.29, 0.717) is 17.2 Å². The number of benzene rings is 1. The van der Waals surface area contributed by atoms with Crippen molar-refractivity contribution in [2.24, 2.45) is 0 Å². The van der Waals surface area contributed by atoms with Crippen LogP contribution >= 0.6 is 0 Å². The van der Waals surface area contributed by atoms with Gasteiger partial charge in [0, 0.05) is 6.07 Å². The van der Waals surface area contributed by atoms with Crippen LogP contribution in [0.2, 0.25) is 0 Å². The standard InChI is InChI=1S/C12H13N5O4/c1-20-7-3-4-10(21-2)8(5-7)15-11-9(17(18)19)6-14-12(13)16-11/h3-6H,1-2H3,(H3,13,14,15,16). The highest BCUT2D eigenvalue weighted by Crippen LogP contribution is 2.33. The van der Waals surface area contributed by atoms with Crippen LogP contribution in [0.25, 0.3) is 0 Å². The van der Waals surface area contributed by atoms with Gasteiger partial charge in [0.05, 0.1) is 24.8 Å². The van der Waals surface area contributed by atoms with Crippen LogP contribution in [0.1, 0.15) is 0 Å². The van der Waals surface area contributed by atoms with Crippen LogP contribution in [0.15, 0.2) is 24.4 Å². The molecule has 3 N–H and O–H groups in total. The van der Waals surface area contributed by atoms with Crippen molar-refractivity contribution in [3.8, 4) is 11.5 Å². The van der Waals surface area contributed by atoms with Gasteiger partial charge >= 0.3 is 5.69 Å². The van der Waals surface area contributed by atoms with Gasteiger partial charge in [0.2, 0.25) is 11.8 Å². The molecule has 0 saturated heterocycles. The molecule has 2 aromatic rings. The summed E-state index contributed by atoms with van der Waals surface area (Å²) in [6, 6.07) is 4.99. The second-order valence-electron chi connectivity index (χ2n) is 3.91. The lowest BCUT2D eigenvalue weighted by Crippen LogP contribution is -2.05. The van der Waals surface area contributed by atoms with E-state index in [-0.39, 0.29) is 17.5 Å². The molecule has 1 heterocycles. The summed E-state index contributed by atoms with van der Waals surface area (Å²) in [7, 11) is 2.99. The smallest absolute Gasteiger partial charge is 0.329 e. The SMILES string of the molecule is COc1ccc(OC)c(Nc2nc(N)ncc2[N+](=O)[O-])c1. The molecule has 9 nitrogen and oxygen atoms in total. The van der Waals surface area contributed by atoms with Crippen molar-refractivity contribution < 1.29 is 14.4 Å². The van der Waals surface area contributed by atoms with Crippen LogP contribution in [-0.4, -0.2) is 29.1 Å². The van der Waals surface area contributed by atoms with Gasteiger partial charge in [-0.05, 0) is 12.1 Å².